The molecule has 1 aliphatic carbocycles. The molecule has 0 radical (unpaired) electrons. The lowest BCUT2D eigenvalue weighted by atomic mass is 9.69. The summed E-state index contributed by atoms with van der Waals surface area (Å²) >= 11 is 0. The number of carbonyl (C=O) groups is 1. The molecule has 3 N–H and O–H groups in total. The molecular weight excluding hydrogens is 476 g/mol. The van der Waals surface area contributed by atoms with Crippen LogP contribution >= 0.6 is 0 Å². The van der Waals surface area contributed by atoms with Crippen molar-refractivity contribution in [2.75, 3.05) is 17.8 Å². The standard InChI is InChI=1S/C27H32N4O4S/c1-26(33)11-9-20(10-12-26)27(34)13-17-31(18-14-27)25(32)19-5-7-21(8-6-19)30-36(35)23-4-2-3-22-24(23)29-16-15-28-22/h2-8,15-16,20,30,33-34H,9-14,17-18H2,1H3. The Bertz CT molecular complexity index is 1260. The Morgan fingerprint density at radius 2 is 1.67 bits per heavy atom. The molecule has 1 unspecified atom stereocenters. The number of piperidine rings is 1. The van der Waals surface area contributed by atoms with Gasteiger partial charge in [0.15, 0.2) is 11.0 Å². The second kappa shape index (κ2) is 9.88. The Morgan fingerprint density at radius 1 is 1.00 bits per heavy atom. The van der Waals surface area contributed by atoms with Gasteiger partial charge in [-0.3, -0.25) is 14.8 Å². The number of hydrogen-bond donors (Lipinski definition) is 3. The number of nitrogens with one attached hydrogen (secondary N) is 1. The monoisotopic (exact) mass is 508 g/mol. The Morgan fingerprint density at radius 3 is 2.36 bits per heavy atom. The number of rotatable bonds is 5. The first-order valence-corrected chi connectivity index (χ1v) is 13.6. The SMILES string of the molecule is CC1(O)CCC(C2(O)CCN(C(=O)c3ccc(NS(=O)c4cccc5nccnc45)cc3)CC2)CC1. The van der Waals surface area contributed by atoms with Crippen molar-refractivity contribution in [3.63, 3.8) is 0 Å². The summed E-state index contributed by atoms with van der Waals surface area (Å²) in [7, 11) is -1.54. The highest BCUT2D eigenvalue weighted by molar-refractivity contribution is 7.86. The quantitative estimate of drug-likeness (QED) is 0.484. The Labute approximate surface area is 213 Å². The van der Waals surface area contributed by atoms with Gasteiger partial charge < -0.3 is 19.8 Å². The normalized spacial score (nSPS) is 24.9. The van der Waals surface area contributed by atoms with Crippen LogP contribution in [-0.2, 0) is 11.0 Å². The number of benzene rings is 2. The molecular formula is C27H32N4O4S. The van der Waals surface area contributed by atoms with E-state index < -0.39 is 22.2 Å². The number of para-hydroxylation sites is 1. The fraction of sp³-hybridized carbons (Fsp3) is 0.444. The predicted octanol–water partition coefficient (Wildman–Crippen LogP) is 3.67. The summed E-state index contributed by atoms with van der Waals surface area (Å²) in [4.78, 5) is 24.0. The van der Waals surface area contributed by atoms with E-state index in [1.54, 1.807) is 53.7 Å². The third-order valence-corrected chi connectivity index (χ3v) is 8.89. The van der Waals surface area contributed by atoms with Gasteiger partial charge in [0.2, 0.25) is 0 Å². The molecule has 9 heteroatoms. The highest BCUT2D eigenvalue weighted by Crippen LogP contribution is 2.42. The number of fused-ring (bicyclic) bond motifs is 1. The molecule has 0 bridgehead atoms. The van der Waals surface area contributed by atoms with Crippen molar-refractivity contribution in [3.8, 4) is 0 Å². The lowest BCUT2D eigenvalue weighted by Crippen LogP contribution is -2.52. The molecule has 0 spiro atoms. The molecule has 1 saturated heterocycles. The van der Waals surface area contributed by atoms with Crippen LogP contribution in [0.3, 0.4) is 0 Å². The molecule has 2 fully saturated rings. The maximum Gasteiger partial charge on any atom is 0.253 e. The fourth-order valence-electron chi connectivity index (χ4n) is 5.42. The van der Waals surface area contributed by atoms with Crippen molar-refractivity contribution >= 4 is 33.6 Å². The molecule has 3 aromatic rings. The van der Waals surface area contributed by atoms with Crippen LogP contribution in [0.1, 0.15) is 55.8 Å². The highest BCUT2D eigenvalue weighted by Gasteiger charge is 2.43. The van der Waals surface area contributed by atoms with Gasteiger partial charge in [-0.15, -0.1) is 0 Å². The average Bonchev–Trinajstić information content (AvgIpc) is 2.88. The van der Waals surface area contributed by atoms with Gasteiger partial charge in [0.25, 0.3) is 5.91 Å². The van der Waals surface area contributed by atoms with Crippen molar-refractivity contribution < 1.29 is 19.2 Å². The molecule has 36 heavy (non-hydrogen) atoms. The molecule has 190 valence electrons. The molecule has 5 rings (SSSR count). The average molecular weight is 509 g/mol. The van der Waals surface area contributed by atoms with E-state index in [0.29, 0.717) is 66.0 Å². The molecule has 1 saturated carbocycles. The summed E-state index contributed by atoms with van der Waals surface area (Å²) in [5.41, 5.74) is 1.06. The van der Waals surface area contributed by atoms with Gasteiger partial charge in [-0.2, -0.15) is 0 Å². The number of aliphatic hydroxyl groups is 2. The first kappa shape index (κ1) is 24.8. The van der Waals surface area contributed by atoms with Crippen LogP contribution in [0.4, 0.5) is 5.69 Å². The summed E-state index contributed by atoms with van der Waals surface area (Å²) < 4.78 is 15.9. The Kier molecular flexibility index (Phi) is 6.80. The second-order valence-corrected chi connectivity index (χ2v) is 11.5. The van der Waals surface area contributed by atoms with E-state index in [0.717, 1.165) is 12.8 Å². The summed E-state index contributed by atoms with van der Waals surface area (Å²) in [6, 6.07) is 12.3. The van der Waals surface area contributed by atoms with Crippen LogP contribution in [0.2, 0.25) is 0 Å². The minimum Gasteiger partial charge on any atom is -0.390 e. The Balaban J connectivity index is 1.19. The number of amides is 1. The van der Waals surface area contributed by atoms with Crippen molar-refractivity contribution in [3.05, 3.63) is 60.4 Å². The van der Waals surface area contributed by atoms with Gasteiger partial charge in [0.1, 0.15) is 5.52 Å². The molecule has 8 nitrogen and oxygen atoms in total. The first-order valence-electron chi connectivity index (χ1n) is 12.5. The van der Waals surface area contributed by atoms with Crippen LogP contribution in [0.15, 0.2) is 59.8 Å². The smallest absolute Gasteiger partial charge is 0.253 e. The maximum absolute atomic E-state index is 13.1. The van der Waals surface area contributed by atoms with Crippen molar-refractivity contribution in [2.45, 2.75) is 61.5 Å². The fourth-order valence-corrected chi connectivity index (χ4v) is 6.42. The number of hydrogen-bond acceptors (Lipinski definition) is 6. The van der Waals surface area contributed by atoms with Gasteiger partial charge in [0, 0.05) is 36.7 Å². The van der Waals surface area contributed by atoms with E-state index in [2.05, 4.69) is 14.7 Å². The van der Waals surface area contributed by atoms with Crippen molar-refractivity contribution in [1.82, 2.24) is 14.9 Å². The molecule has 2 aromatic carbocycles. The largest absolute Gasteiger partial charge is 0.390 e. The van der Waals surface area contributed by atoms with Gasteiger partial charge in [0.05, 0.1) is 21.6 Å². The number of likely N-dealkylation sites (tertiary alicyclic amines) is 1. The minimum absolute atomic E-state index is 0.0689. The number of aromatic nitrogens is 2. The zero-order valence-corrected chi connectivity index (χ0v) is 21.2. The third kappa shape index (κ3) is 5.14. The lowest BCUT2D eigenvalue weighted by Gasteiger charge is -2.46. The predicted molar refractivity (Wildman–Crippen MR) is 139 cm³/mol. The molecule has 1 aromatic heterocycles. The zero-order valence-electron chi connectivity index (χ0n) is 20.4. The van der Waals surface area contributed by atoms with Crippen molar-refractivity contribution in [2.24, 2.45) is 5.92 Å². The van der Waals surface area contributed by atoms with Crippen LogP contribution in [-0.4, -0.2) is 59.5 Å². The summed E-state index contributed by atoms with van der Waals surface area (Å²) in [5, 5.41) is 21.5. The Hall–Kier alpha value is -2.88. The van der Waals surface area contributed by atoms with E-state index in [4.69, 9.17) is 0 Å². The summed E-state index contributed by atoms with van der Waals surface area (Å²) in [5.74, 6) is 0.106. The third-order valence-electron chi connectivity index (χ3n) is 7.74. The van der Waals surface area contributed by atoms with Crippen LogP contribution in [0, 0.1) is 5.92 Å². The highest BCUT2D eigenvalue weighted by atomic mass is 32.2. The summed E-state index contributed by atoms with van der Waals surface area (Å²) in [6.07, 6.45) is 7.34. The first-order chi connectivity index (χ1) is 17.2. The van der Waals surface area contributed by atoms with Gasteiger partial charge in [-0.1, -0.05) is 6.07 Å². The zero-order chi connectivity index (χ0) is 25.3. The number of carbonyl (C=O) groups excluding carboxylic acids is 1. The maximum atomic E-state index is 13.1. The minimum atomic E-state index is -1.54. The van der Waals surface area contributed by atoms with E-state index in [1.807, 2.05) is 13.0 Å². The van der Waals surface area contributed by atoms with Gasteiger partial charge in [-0.05, 0) is 87.8 Å². The molecule has 2 heterocycles. The van der Waals surface area contributed by atoms with Crippen LogP contribution in [0.25, 0.3) is 11.0 Å². The van der Waals surface area contributed by atoms with Crippen molar-refractivity contribution in [1.29, 1.82) is 0 Å². The number of anilines is 1. The molecule has 2 aliphatic rings. The van der Waals surface area contributed by atoms with E-state index in [9.17, 15) is 19.2 Å². The van der Waals surface area contributed by atoms with E-state index in [1.165, 1.54) is 0 Å². The molecule has 1 atom stereocenters. The number of nitrogens with zero attached hydrogens (tertiary/aromatic N) is 3. The van der Waals surface area contributed by atoms with E-state index in [-0.39, 0.29) is 11.8 Å². The summed E-state index contributed by atoms with van der Waals surface area (Å²) in [6.45, 7) is 2.88. The van der Waals surface area contributed by atoms with Crippen LogP contribution < -0.4 is 4.72 Å². The molecule has 1 amide bonds. The van der Waals surface area contributed by atoms with Gasteiger partial charge in [-0.25, -0.2) is 4.21 Å². The van der Waals surface area contributed by atoms with E-state index >= 15 is 0 Å². The topological polar surface area (TPSA) is 116 Å². The van der Waals surface area contributed by atoms with Crippen LogP contribution in [0.5, 0.6) is 0 Å². The second-order valence-electron chi connectivity index (χ2n) is 10.3. The lowest BCUT2D eigenvalue weighted by molar-refractivity contribution is -0.0954. The van der Waals surface area contributed by atoms with Gasteiger partial charge >= 0.3 is 0 Å². The molecule has 1 aliphatic heterocycles.